The summed E-state index contributed by atoms with van der Waals surface area (Å²) in [5.74, 6) is 0. The van der Waals surface area contributed by atoms with E-state index in [1.165, 1.54) is 0 Å². The van der Waals surface area contributed by atoms with Gasteiger partial charge in [-0.1, -0.05) is 9.24 Å². The predicted octanol–water partition coefficient (Wildman–Crippen LogP) is -1.61. The molecule has 0 aliphatic carbocycles. The molecule has 6 heavy (non-hydrogen) atoms. The lowest BCUT2D eigenvalue weighted by Crippen LogP contribution is -2.49. The molecular weight excluding hydrogens is 97.0 g/mol. The van der Waals surface area contributed by atoms with Crippen LogP contribution >= 0.6 is 9.24 Å². The van der Waals surface area contributed by atoms with Gasteiger partial charge in [-0.3, -0.25) is 0 Å². The van der Waals surface area contributed by atoms with Gasteiger partial charge in [-0.25, -0.2) is 0 Å². The van der Waals surface area contributed by atoms with Crippen LogP contribution in [0.1, 0.15) is 0 Å². The summed E-state index contributed by atoms with van der Waals surface area (Å²) in [5.41, 5.74) is 15.3. The Balaban J connectivity index is 3.17. The van der Waals surface area contributed by atoms with Crippen molar-refractivity contribution in [1.82, 2.24) is 0 Å². The summed E-state index contributed by atoms with van der Waals surface area (Å²) in [7, 11) is 2.22. The van der Waals surface area contributed by atoms with Gasteiger partial charge in [0.15, 0.2) is 0 Å². The second kappa shape index (κ2) is 1.85. The molecule has 0 saturated carbocycles. The van der Waals surface area contributed by atoms with Crippen LogP contribution in [0.15, 0.2) is 0 Å². The molecule has 1 atom stereocenters. The van der Waals surface area contributed by atoms with Crippen molar-refractivity contribution in [3.8, 4) is 0 Å². The van der Waals surface area contributed by atoms with Crippen molar-refractivity contribution in [2.24, 2.45) is 17.2 Å². The second-order valence-corrected chi connectivity index (χ2v) is 2.39. The fourth-order valence-corrected chi connectivity index (χ4v) is 0. The number of nitrogens with two attached hydrogens (primary N) is 3. The van der Waals surface area contributed by atoms with E-state index < -0.39 is 5.40 Å². The minimum absolute atomic E-state index is 0.289. The Labute approximate surface area is 39.5 Å². The van der Waals surface area contributed by atoms with Crippen molar-refractivity contribution < 1.29 is 0 Å². The molecule has 0 aliphatic heterocycles. The maximum Gasteiger partial charge on any atom is 0.0901 e. The zero-order valence-electron chi connectivity index (χ0n) is 3.52. The van der Waals surface area contributed by atoms with Gasteiger partial charge < -0.3 is 17.2 Å². The molecule has 0 spiro atoms. The van der Waals surface area contributed by atoms with Crippen molar-refractivity contribution in [1.29, 1.82) is 0 Å². The van der Waals surface area contributed by atoms with Gasteiger partial charge in [-0.2, -0.15) is 0 Å². The molecule has 0 heterocycles. The summed E-state index contributed by atoms with van der Waals surface area (Å²) in [6.45, 7) is 0.289. The number of hydrogen-bond acceptors (Lipinski definition) is 3. The van der Waals surface area contributed by atoms with E-state index in [1.54, 1.807) is 0 Å². The Morgan fingerprint density at radius 3 is 1.67 bits per heavy atom. The third kappa shape index (κ3) is 4.31. The van der Waals surface area contributed by atoms with E-state index in [0.717, 1.165) is 0 Å². The molecule has 0 fully saturated rings. The van der Waals surface area contributed by atoms with Crippen molar-refractivity contribution >= 4 is 9.24 Å². The molecule has 0 aromatic heterocycles. The van der Waals surface area contributed by atoms with Crippen LogP contribution in [0.3, 0.4) is 0 Å². The van der Waals surface area contributed by atoms with Crippen molar-refractivity contribution in [3.63, 3.8) is 0 Å². The quantitative estimate of drug-likeness (QED) is 0.278. The smallest absolute Gasteiger partial charge is 0.0901 e. The average molecular weight is 107 g/mol. The van der Waals surface area contributed by atoms with Gasteiger partial charge in [-0.05, 0) is 0 Å². The monoisotopic (exact) mass is 107 g/mol. The molecule has 0 rings (SSSR count). The van der Waals surface area contributed by atoms with Crippen LogP contribution < -0.4 is 17.2 Å². The van der Waals surface area contributed by atoms with Gasteiger partial charge in [-0.15, -0.1) is 0 Å². The Hall–Kier alpha value is 0.310. The lowest BCUT2D eigenvalue weighted by Gasteiger charge is -2.13. The molecule has 0 aliphatic rings. The summed E-state index contributed by atoms with van der Waals surface area (Å²) in [5, 5.41) is -0.764. The van der Waals surface area contributed by atoms with Crippen LogP contribution in [0, 0.1) is 0 Å². The predicted molar refractivity (Wildman–Crippen MR) is 29.9 cm³/mol. The summed E-state index contributed by atoms with van der Waals surface area (Å²) in [6, 6.07) is 0. The highest BCUT2D eigenvalue weighted by Crippen LogP contribution is 1.95. The lowest BCUT2D eigenvalue weighted by molar-refractivity contribution is 0.654. The van der Waals surface area contributed by atoms with Crippen LogP contribution in [0.25, 0.3) is 0 Å². The third-order valence-corrected chi connectivity index (χ3v) is 0.589. The highest BCUT2D eigenvalue weighted by atomic mass is 31.0. The molecule has 0 aromatic rings. The summed E-state index contributed by atoms with van der Waals surface area (Å²) in [4.78, 5) is 0. The Morgan fingerprint density at radius 2 is 1.67 bits per heavy atom. The standard InChI is InChI=1S/C2H10N3P/c3-1-2(4,5)6/h1,3-6H2. The molecule has 0 radical (unpaired) electrons. The molecule has 1 unspecified atom stereocenters. The highest BCUT2D eigenvalue weighted by molar-refractivity contribution is 7.18. The van der Waals surface area contributed by atoms with Gasteiger partial charge >= 0.3 is 0 Å². The minimum atomic E-state index is -0.764. The molecular formula is C2H10N3P. The topological polar surface area (TPSA) is 78.1 Å². The number of hydrogen-bond donors (Lipinski definition) is 3. The normalized spacial score (nSPS) is 12.0. The molecule has 0 aromatic carbocycles. The van der Waals surface area contributed by atoms with Crippen LogP contribution in [0.5, 0.6) is 0 Å². The van der Waals surface area contributed by atoms with Gasteiger partial charge in [0.25, 0.3) is 0 Å². The number of rotatable bonds is 1. The van der Waals surface area contributed by atoms with Crippen molar-refractivity contribution in [2.45, 2.75) is 5.40 Å². The van der Waals surface area contributed by atoms with Crippen LogP contribution in [-0.2, 0) is 0 Å². The molecule has 3 nitrogen and oxygen atoms in total. The van der Waals surface area contributed by atoms with E-state index >= 15 is 0 Å². The fourth-order valence-electron chi connectivity index (χ4n) is 0. The minimum Gasteiger partial charge on any atom is -0.327 e. The Kier molecular flexibility index (Phi) is 1.94. The van der Waals surface area contributed by atoms with Crippen molar-refractivity contribution in [2.75, 3.05) is 6.54 Å². The Morgan fingerprint density at radius 1 is 1.50 bits per heavy atom. The molecule has 0 saturated heterocycles. The van der Waals surface area contributed by atoms with Gasteiger partial charge in [0.2, 0.25) is 0 Å². The second-order valence-electron chi connectivity index (χ2n) is 1.32. The first-order valence-corrected chi connectivity index (χ1v) is 2.21. The first-order chi connectivity index (χ1) is 2.56. The summed E-state index contributed by atoms with van der Waals surface area (Å²) >= 11 is 0. The van der Waals surface area contributed by atoms with E-state index in [1.807, 2.05) is 0 Å². The van der Waals surface area contributed by atoms with Gasteiger partial charge in [0, 0.05) is 6.54 Å². The van der Waals surface area contributed by atoms with Gasteiger partial charge in [0.1, 0.15) is 0 Å². The molecule has 6 N–H and O–H groups in total. The zero-order chi connectivity index (χ0) is 5.21. The zero-order valence-corrected chi connectivity index (χ0v) is 4.67. The van der Waals surface area contributed by atoms with E-state index in [2.05, 4.69) is 9.24 Å². The maximum atomic E-state index is 5.15. The maximum absolute atomic E-state index is 5.15. The van der Waals surface area contributed by atoms with Crippen molar-refractivity contribution in [3.05, 3.63) is 0 Å². The summed E-state index contributed by atoms with van der Waals surface area (Å²) in [6.07, 6.45) is 0. The van der Waals surface area contributed by atoms with Crippen LogP contribution in [0.2, 0.25) is 0 Å². The van der Waals surface area contributed by atoms with Gasteiger partial charge in [0.05, 0.1) is 5.40 Å². The lowest BCUT2D eigenvalue weighted by atomic mass is 10.5. The molecule has 0 bridgehead atoms. The van der Waals surface area contributed by atoms with E-state index in [9.17, 15) is 0 Å². The molecule has 4 heteroatoms. The van der Waals surface area contributed by atoms with E-state index in [4.69, 9.17) is 17.2 Å². The van der Waals surface area contributed by atoms with E-state index in [0.29, 0.717) is 0 Å². The summed E-state index contributed by atoms with van der Waals surface area (Å²) < 4.78 is 0. The first-order valence-electron chi connectivity index (χ1n) is 1.63. The van der Waals surface area contributed by atoms with Crippen LogP contribution in [0.4, 0.5) is 0 Å². The van der Waals surface area contributed by atoms with Crippen LogP contribution in [-0.4, -0.2) is 11.9 Å². The Bertz CT molecular complexity index is 38.5. The third-order valence-electron chi connectivity index (χ3n) is 0.354. The largest absolute Gasteiger partial charge is 0.327 e. The fraction of sp³-hybridized carbons (Fsp3) is 1.00. The van der Waals surface area contributed by atoms with E-state index in [-0.39, 0.29) is 6.54 Å². The highest BCUT2D eigenvalue weighted by Gasteiger charge is 2.04. The molecule has 0 amide bonds. The average Bonchev–Trinajstić information content (AvgIpc) is 1.35. The SMILES string of the molecule is NCC(N)(N)P. The molecule has 38 valence electrons. The first kappa shape index (κ1) is 6.31.